The van der Waals surface area contributed by atoms with Crippen LogP contribution in [-0.4, -0.2) is 33.9 Å². The molecule has 0 aliphatic carbocycles. The second kappa shape index (κ2) is 11.0. The Labute approximate surface area is 215 Å². The molecule has 0 fully saturated rings. The van der Waals surface area contributed by atoms with Crippen molar-refractivity contribution in [1.29, 1.82) is 0 Å². The van der Waals surface area contributed by atoms with E-state index < -0.39 is 41.1 Å². The van der Waals surface area contributed by atoms with E-state index in [0.717, 1.165) is 6.07 Å². The van der Waals surface area contributed by atoms with Crippen LogP contribution in [0.4, 0.5) is 18.9 Å². The number of hydrogen-bond acceptors (Lipinski definition) is 4. The highest BCUT2D eigenvalue weighted by molar-refractivity contribution is 6.34. The predicted molar refractivity (Wildman–Crippen MR) is 132 cm³/mol. The van der Waals surface area contributed by atoms with Crippen LogP contribution in [-0.2, 0) is 17.4 Å². The number of aryl methyl sites for hydroxylation is 3. The highest BCUT2D eigenvalue weighted by Crippen LogP contribution is 2.34. The van der Waals surface area contributed by atoms with E-state index in [0.29, 0.717) is 11.1 Å². The maximum atomic E-state index is 13.5. The van der Waals surface area contributed by atoms with Gasteiger partial charge in [0.15, 0.2) is 0 Å². The Morgan fingerprint density at radius 2 is 1.65 bits per heavy atom. The number of amides is 2. The van der Waals surface area contributed by atoms with Crippen molar-refractivity contribution in [3.63, 3.8) is 0 Å². The van der Waals surface area contributed by atoms with Crippen LogP contribution in [0.5, 0.6) is 0 Å². The first-order valence-corrected chi connectivity index (χ1v) is 11.4. The molecule has 0 aliphatic heterocycles. The number of nitrogens with zero attached hydrogens (tertiary/aromatic N) is 1. The summed E-state index contributed by atoms with van der Waals surface area (Å²) in [5.74, 6) is -2.88. The number of carboxylic acids is 1. The van der Waals surface area contributed by atoms with Crippen molar-refractivity contribution in [2.45, 2.75) is 39.4 Å². The fourth-order valence-electron chi connectivity index (χ4n) is 3.84. The number of aromatic nitrogens is 1. The number of anilines is 1. The van der Waals surface area contributed by atoms with Crippen LogP contribution in [0.3, 0.4) is 0 Å². The molecule has 0 saturated carbocycles. The molecular weight excluding hydrogens is 511 g/mol. The maximum Gasteiger partial charge on any atom is 0.417 e. The molecule has 194 valence electrons. The highest BCUT2D eigenvalue weighted by atomic mass is 35.5. The van der Waals surface area contributed by atoms with Gasteiger partial charge in [-0.05, 0) is 56.2 Å². The molecule has 1 unspecified atom stereocenters. The van der Waals surface area contributed by atoms with Crippen LogP contribution in [0.2, 0.25) is 5.02 Å². The number of pyridine rings is 1. The number of halogens is 4. The number of alkyl halides is 3. The van der Waals surface area contributed by atoms with E-state index in [1.165, 1.54) is 44.2 Å². The van der Waals surface area contributed by atoms with Gasteiger partial charge in [-0.25, -0.2) is 4.79 Å². The number of carbonyl (C=O) groups is 3. The van der Waals surface area contributed by atoms with Gasteiger partial charge in [0, 0.05) is 17.8 Å². The monoisotopic (exact) mass is 533 g/mol. The molecule has 3 aromatic rings. The van der Waals surface area contributed by atoms with Crippen LogP contribution < -0.4 is 10.6 Å². The summed E-state index contributed by atoms with van der Waals surface area (Å²) in [5.41, 5.74) is -0.124. The fourth-order valence-corrected chi connectivity index (χ4v) is 4.15. The molecule has 2 amide bonds. The molecule has 11 heteroatoms. The minimum atomic E-state index is -4.74. The normalized spacial score (nSPS) is 12.1. The molecule has 3 N–H and O–H groups in total. The topological polar surface area (TPSA) is 108 Å². The van der Waals surface area contributed by atoms with Gasteiger partial charge < -0.3 is 15.7 Å². The lowest BCUT2D eigenvalue weighted by molar-refractivity contribution is -0.139. The minimum absolute atomic E-state index is 0.0600. The van der Waals surface area contributed by atoms with E-state index in [2.05, 4.69) is 15.6 Å². The second-order valence-electron chi connectivity index (χ2n) is 8.42. The lowest BCUT2D eigenvalue weighted by Crippen LogP contribution is -2.42. The number of nitrogens with one attached hydrogen (secondary N) is 2. The Morgan fingerprint density at radius 3 is 2.22 bits per heavy atom. The molecule has 0 bridgehead atoms. The van der Waals surface area contributed by atoms with E-state index >= 15 is 0 Å². The number of benzene rings is 2. The van der Waals surface area contributed by atoms with Crippen molar-refractivity contribution < 1.29 is 32.7 Å². The smallest absolute Gasteiger partial charge is 0.417 e. The van der Waals surface area contributed by atoms with E-state index in [4.69, 9.17) is 11.6 Å². The third-order valence-electron chi connectivity index (χ3n) is 5.56. The van der Waals surface area contributed by atoms with Crippen molar-refractivity contribution in [3.8, 4) is 0 Å². The Bertz CT molecular complexity index is 1340. The van der Waals surface area contributed by atoms with Gasteiger partial charge in [-0.15, -0.1) is 0 Å². The third-order valence-corrected chi connectivity index (χ3v) is 5.88. The Kier molecular flexibility index (Phi) is 8.22. The molecular formula is C26H23ClF3N3O4. The molecule has 0 spiro atoms. The van der Waals surface area contributed by atoms with Crippen LogP contribution in [0, 0.1) is 20.8 Å². The van der Waals surface area contributed by atoms with E-state index in [1.807, 2.05) is 0 Å². The molecule has 0 saturated heterocycles. The average molecular weight is 534 g/mol. The summed E-state index contributed by atoms with van der Waals surface area (Å²) >= 11 is 6.09. The van der Waals surface area contributed by atoms with Crippen molar-refractivity contribution in [2.75, 3.05) is 5.32 Å². The van der Waals surface area contributed by atoms with E-state index in [1.54, 1.807) is 19.1 Å². The molecule has 1 atom stereocenters. The van der Waals surface area contributed by atoms with Crippen molar-refractivity contribution >= 4 is 35.1 Å². The first-order valence-electron chi connectivity index (χ1n) is 11.0. The molecule has 3 rings (SSSR count). The summed E-state index contributed by atoms with van der Waals surface area (Å²) in [7, 11) is 0. The van der Waals surface area contributed by atoms with Crippen molar-refractivity contribution in [1.82, 2.24) is 10.3 Å². The Morgan fingerprint density at radius 1 is 1.00 bits per heavy atom. The zero-order valence-corrected chi connectivity index (χ0v) is 20.8. The number of rotatable bonds is 7. The van der Waals surface area contributed by atoms with Crippen molar-refractivity contribution in [3.05, 3.63) is 92.8 Å². The van der Waals surface area contributed by atoms with Gasteiger partial charge in [0.1, 0.15) is 6.04 Å². The van der Waals surface area contributed by atoms with Gasteiger partial charge in [0.25, 0.3) is 11.8 Å². The molecule has 1 heterocycles. The molecule has 1 aromatic heterocycles. The van der Waals surface area contributed by atoms with Gasteiger partial charge >= 0.3 is 12.1 Å². The number of carboxylic acid groups (broad SMARTS) is 1. The molecule has 0 aliphatic rings. The number of hydrogen-bond donors (Lipinski definition) is 3. The van der Waals surface area contributed by atoms with Gasteiger partial charge in [0.2, 0.25) is 0 Å². The summed E-state index contributed by atoms with van der Waals surface area (Å²) in [6.07, 6.45) is -4.83. The van der Waals surface area contributed by atoms with E-state index in [9.17, 15) is 32.7 Å². The lowest BCUT2D eigenvalue weighted by atomic mass is 10.0. The molecule has 7 nitrogen and oxygen atoms in total. The highest BCUT2D eigenvalue weighted by Gasteiger charge is 2.37. The lowest BCUT2D eigenvalue weighted by Gasteiger charge is -2.17. The first kappa shape index (κ1) is 27.7. The molecule has 0 radical (unpaired) electrons. The van der Waals surface area contributed by atoms with Crippen LogP contribution >= 0.6 is 11.6 Å². The summed E-state index contributed by atoms with van der Waals surface area (Å²) in [5, 5.41) is 14.7. The van der Waals surface area contributed by atoms with Crippen molar-refractivity contribution in [2.24, 2.45) is 0 Å². The predicted octanol–water partition coefficient (Wildman–Crippen LogP) is 5.36. The van der Waals surface area contributed by atoms with Gasteiger partial charge in [-0.1, -0.05) is 35.9 Å². The Hall–Kier alpha value is -3.92. The second-order valence-corrected chi connectivity index (χ2v) is 8.83. The Balaban J connectivity index is 1.75. The summed E-state index contributed by atoms with van der Waals surface area (Å²) in [6.45, 7) is 4.41. The van der Waals surface area contributed by atoms with Crippen LogP contribution in [0.1, 0.15) is 48.8 Å². The third kappa shape index (κ3) is 6.65. The summed E-state index contributed by atoms with van der Waals surface area (Å²) in [6, 6.07) is 10.3. The largest absolute Gasteiger partial charge is 0.480 e. The molecule has 37 heavy (non-hydrogen) atoms. The quantitative estimate of drug-likeness (QED) is 0.379. The van der Waals surface area contributed by atoms with Gasteiger partial charge in [0.05, 0.1) is 27.4 Å². The van der Waals surface area contributed by atoms with E-state index in [-0.39, 0.29) is 34.1 Å². The first-order chi connectivity index (χ1) is 17.3. The minimum Gasteiger partial charge on any atom is -0.480 e. The SMILES string of the molecule is Cc1cc(C(F)(F)F)c(C(=O)Nc2ccc(CC(NC(=O)c3c(C)cccc3Cl)C(=O)O)cc2)c(C)n1. The maximum absolute atomic E-state index is 13.5. The van der Waals surface area contributed by atoms with Gasteiger partial charge in [-0.3, -0.25) is 14.6 Å². The zero-order valence-electron chi connectivity index (χ0n) is 20.0. The van der Waals surface area contributed by atoms with Crippen LogP contribution in [0.15, 0.2) is 48.5 Å². The fraction of sp³-hybridized carbons (Fsp3) is 0.231. The standard InChI is InChI=1S/C26H23ClF3N3O4/c1-13-5-4-6-19(27)21(13)23(34)33-20(25(36)37)12-16-7-9-17(10-8-16)32-24(35)22-15(3)31-14(2)11-18(22)26(28,29)30/h4-11,20H,12H2,1-3H3,(H,32,35)(H,33,34)(H,36,37). The summed E-state index contributed by atoms with van der Waals surface area (Å²) < 4.78 is 40.5. The number of carbonyl (C=O) groups excluding carboxylic acids is 2. The van der Waals surface area contributed by atoms with Crippen LogP contribution in [0.25, 0.3) is 0 Å². The van der Waals surface area contributed by atoms with Gasteiger partial charge in [-0.2, -0.15) is 13.2 Å². The zero-order chi connectivity index (χ0) is 27.5. The molecule has 2 aromatic carbocycles. The summed E-state index contributed by atoms with van der Waals surface area (Å²) in [4.78, 5) is 41.1. The average Bonchev–Trinajstić information content (AvgIpc) is 2.78. The number of aliphatic carboxylic acids is 1.